The zero-order chi connectivity index (χ0) is 72.8. The number of rotatable bonds is 79. The summed E-state index contributed by atoms with van der Waals surface area (Å²) in [5.74, 6) is -0.565. The van der Waals surface area contributed by atoms with Crippen molar-refractivity contribution in [3.63, 3.8) is 0 Å². The molecule has 17 nitrogen and oxygen atoms in total. The quantitative estimate of drug-likeness (QED) is 0.0222. The fourth-order valence-electron chi connectivity index (χ4n) is 12.4. The van der Waals surface area contributed by atoms with Gasteiger partial charge in [0, 0.05) is 25.7 Å². The minimum Gasteiger partial charge on any atom is -0.462 e. The molecule has 0 bridgehead atoms. The zero-order valence-electron chi connectivity index (χ0n) is 64.8. The van der Waals surface area contributed by atoms with Crippen molar-refractivity contribution in [2.45, 2.75) is 439 Å². The Hall–Kier alpha value is -1.94. The lowest BCUT2D eigenvalue weighted by Crippen LogP contribution is -2.30. The molecule has 0 fully saturated rings. The van der Waals surface area contributed by atoms with Crippen LogP contribution in [-0.4, -0.2) is 96.7 Å². The molecule has 0 aromatic carbocycles. The van der Waals surface area contributed by atoms with Crippen LogP contribution in [0, 0.1) is 11.8 Å². The molecule has 0 rings (SSSR count). The van der Waals surface area contributed by atoms with E-state index in [1.165, 1.54) is 225 Å². The van der Waals surface area contributed by atoms with Crippen molar-refractivity contribution >= 4 is 39.5 Å². The second kappa shape index (κ2) is 71.7. The monoisotopic (exact) mass is 1450 g/mol. The molecule has 0 aliphatic heterocycles. The van der Waals surface area contributed by atoms with Gasteiger partial charge in [0.1, 0.15) is 19.3 Å². The zero-order valence-corrected chi connectivity index (χ0v) is 66.6. The number of aliphatic hydroxyl groups is 1. The molecule has 5 atom stereocenters. The molecule has 19 heteroatoms. The number of ether oxygens (including phenoxy) is 4. The van der Waals surface area contributed by atoms with Crippen molar-refractivity contribution in [2.24, 2.45) is 11.8 Å². The first kappa shape index (κ1) is 97.1. The van der Waals surface area contributed by atoms with E-state index in [0.29, 0.717) is 25.7 Å². The third kappa shape index (κ3) is 74.1. The summed E-state index contributed by atoms with van der Waals surface area (Å²) in [4.78, 5) is 72.8. The maximum absolute atomic E-state index is 13.1. The van der Waals surface area contributed by atoms with E-state index < -0.39 is 97.5 Å². The number of hydrogen-bond acceptors (Lipinski definition) is 15. The molecule has 0 radical (unpaired) electrons. The molecule has 99 heavy (non-hydrogen) atoms. The Labute approximate surface area is 607 Å². The molecule has 0 heterocycles. The van der Waals surface area contributed by atoms with Gasteiger partial charge in [-0.2, -0.15) is 0 Å². The van der Waals surface area contributed by atoms with Gasteiger partial charge in [0.2, 0.25) is 0 Å². The third-order valence-electron chi connectivity index (χ3n) is 18.7. The number of carbonyl (C=O) groups is 4. The van der Waals surface area contributed by atoms with Gasteiger partial charge in [-0.15, -0.1) is 0 Å². The van der Waals surface area contributed by atoms with Crippen LogP contribution in [0.2, 0.25) is 0 Å². The summed E-state index contributed by atoms with van der Waals surface area (Å²) in [7, 11) is -9.91. The fourth-order valence-corrected chi connectivity index (χ4v) is 13.9. The highest BCUT2D eigenvalue weighted by molar-refractivity contribution is 7.47. The normalized spacial score (nSPS) is 13.9. The van der Waals surface area contributed by atoms with Gasteiger partial charge in [0.05, 0.1) is 26.4 Å². The van der Waals surface area contributed by atoms with Crippen LogP contribution in [-0.2, 0) is 65.4 Å². The summed E-state index contributed by atoms with van der Waals surface area (Å²) >= 11 is 0. The van der Waals surface area contributed by atoms with Gasteiger partial charge >= 0.3 is 39.5 Å². The smallest absolute Gasteiger partial charge is 0.462 e. The van der Waals surface area contributed by atoms with Gasteiger partial charge < -0.3 is 33.8 Å². The van der Waals surface area contributed by atoms with Crippen LogP contribution in [0.25, 0.3) is 0 Å². The Morgan fingerprint density at radius 3 is 0.687 bits per heavy atom. The average Bonchev–Trinajstić information content (AvgIpc) is 0.982. The minimum atomic E-state index is -4.96. The molecular weight excluding hydrogens is 1290 g/mol. The summed E-state index contributed by atoms with van der Waals surface area (Å²) in [6, 6.07) is 0. The number of esters is 4. The molecular formula is C80H156O17P2. The van der Waals surface area contributed by atoms with Crippen molar-refractivity contribution in [3.8, 4) is 0 Å². The van der Waals surface area contributed by atoms with Crippen LogP contribution < -0.4 is 0 Å². The topological polar surface area (TPSA) is 237 Å². The molecule has 0 aliphatic carbocycles. The molecule has 0 aromatic rings. The van der Waals surface area contributed by atoms with E-state index in [1.807, 2.05) is 0 Å². The van der Waals surface area contributed by atoms with E-state index in [0.717, 1.165) is 115 Å². The number of phosphoric acid groups is 2. The molecule has 0 aliphatic rings. The number of unbranched alkanes of at least 4 members (excludes halogenated alkanes) is 49. The predicted molar refractivity (Wildman–Crippen MR) is 405 cm³/mol. The predicted octanol–water partition coefficient (Wildman–Crippen LogP) is 23.9. The van der Waals surface area contributed by atoms with E-state index in [-0.39, 0.29) is 25.7 Å². The molecule has 0 saturated carbocycles. The summed E-state index contributed by atoms with van der Waals surface area (Å²) in [5.41, 5.74) is 0. The minimum absolute atomic E-state index is 0.106. The molecule has 0 amide bonds. The maximum Gasteiger partial charge on any atom is 0.472 e. The van der Waals surface area contributed by atoms with Gasteiger partial charge in [-0.3, -0.25) is 37.3 Å². The maximum atomic E-state index is 13.1. The molecule has 2 unspecified atom stereocenters. The fraction of sp³-hybridized carbons (Fsp3) is 0.950. The molecule has 0 spiro atoms. The lowest BCUT2D eigenvalue weighted by atomic mass is 10.0. The highest BCUT2D eigenvalue weighted by Crippen LogP contribution is 2.45. The van der Waals surface area contributed by atoms with Gasteiger partial charge in [-0.1, -0.05) is 369 Å². The highest BCUT2D eigenvalue weighted by Gasteiger charge is 2.30. The first-order valence-electron chi connectivity index (χ1n) is 41.5. The largest absolute Gasteiger partial charge is 0.472 e. The highest BCUT2D eigenvalue weighted by atomic mass is 31.2. The van der Waals surface area contributed by atoms with E-state index in [9.17, 15) is 43.2 Å². The SMILES string of the molecule is CCCCCCCCCCCCCCCCCCCCCCCCC(=O)O[C@H](COC(=O)CCCCCCCCCCCCCCCCC(C)C)COP(=O)(O)OC[C@@H](O)COP(=O)(O)OC[C@@H](COC(=O)CCCCCCCCC)OC(=O)CCCCCCCCCCCCC(C)C. The average molecular weight is 1450 g/mol. The Morgan fingerprint density at radius 2 is 0.465 bits per heavy atom. The van der Waals surface area contributed by atoms with Crippen LogP contribution in [0.15, 0.2) is 0 Å². The standard InChI is InChI=1S/C80H156O17P2/c1-7-9-11-13-15-16-17-18-19-20-21-22-23-24-25-26-31-34-40-46-52-58-64-79(84)97-76(69-91-78(83)63-57-51-45-39-33-30-28-27-29-32-37-43-48-54-60-72(3)4)71-95-99(88,89)93-67-74(81)66-92-98(86,87)94-70-75(68-90-77(82)62-56-50-42-14-12-10-8-2)96-80(85)65-59-53-47-41-36-35-38-44-49-55-61-73(5)6/h72-76,81H,7-71H2,1-6H3,(H,86,87)(H,88,89)/t74-,75+,76+/m0/s1. The van der Waals surface area contributed by atoms with Gasteiger partial charge in [-0.05, 0) is 37.5 Å². The van der Waals surface area contributed by atoms with Crippen LogP contribution in [0.5, 0.6) is 0 Å². The lowest BCUT2D eigenvalue weighted by Gasteiger charge is -2.21. The third-order valence-corrected chi connectivity index (χ3v) is 20.6. The number of phosphoric ester groups is 2. The molecule has 588 valence electrons. The number of aliphatic hydroxyl groups excluding tert-OH is 1. The van der Waals surface area contributed by atoms with Crippen molar-refractivity contribution in [3.05, 3.63) is 0 Å². The van der Waals surface area contributed by atoms with E-state index in [2.05, 4.69) is 41.5 Å². The first-order valence-corrected chi connectivity index (χ1v) is 44.5. The Kier molecular flexibility index (Phi) is 70.3. The first-order chi connectivity index (χ1) is 47.9. The van der Waals surface area contributed by atoms with Crippen molar-refractivity contribution in [1.82, 2.24) is 0 Å². The van der Waals surface area contributed by atoms with Gasteiger partial charge in [-0.25, -0.2) is 9.13 Å². The number of hydrogen-bond donors (Lipinski definition) is 3. The van der Waals surface area contributed by atoms with E-state index >= 15 is 0 Å². The van der Waals surface area contributed by atoms with Gasteiger partial charge in [0.25, 0.3) is 0 Å². The second-order valence-electron chi connectivity index (χ2n) is 29.8. The summed E-state index contributed by atoms with van der Waals surface area (Å²) in [6.07, 6.45) is 61.4. The summed E-state index contributed by atoms with van der Waals surface area (Å²) in [5, 5.41) is 10.6. The Balaban J connectivity index is 5.16. The van der Waals surface area contributed by atoms with Gasteiger partial charge in [0.15, 0.2) is 12.2 Å². The molecule has 0 saturated heterocycles. The molecule has 0 aromatic heterocycles. The van der Waals surface area contributed by atoms with Crippen molar-refractivity contribution < 1.29 is 80.2 Å². The van der Waals surface area contributed by atoms with Crippen molar-refractivity contribution in [1.29, 1.82) is 0 Å². The molecule has 3 N–H and O–H groups in total. The van der Waals surface area contributed by atoms with Crippen LogP contribution in [0.4, 0.5) is 0 Å². The summed E-state index contributed by atoms with van der Waals surface area (Å²) in [6.45, 7) is 9.59. The lowest BCUT2D eigenvalue weighted by molar-refractivity contribution is -0.161. The van der Waals surface area contributed by atoms with Crippen molar-refractivity contribution in [2.75, 3.05) is 39.6 Å². The van der Waals surface area contributed by atoms with E-state index in [4.69, 9.17) is 37.0 Å². The number of carbonyl (C=O) groups excluding carboxylic acids is 4. The van der Waals surface area contributed by atoms with Crippen LogP contribution in [0.3, 0.4) is 0 Å². The summed E-state index contributed by atoms with van der Waals surface area (Å²) < 4.78 is 68.5. The Morgan fingerprint density at radius 1 is 0.273 bits per heavy atom. The van der Waals surface area contributed by atoms with Crippen LogP contribution in [0.1, 0.15) is 420 Å². The second-order valence-corrected chi connectivity index (χ2v) is 32.7. The Bertz CT molecular complexity index is 1910. The van der Waals surface area contributed by atoms with Crippen LogP contribution >= 0.6 is 15.6 Å². The van der Waals surface area contributed by atoms with E-state index in [1.54, 1.807) is 0 Å².